The molecule has 0 aliphatic rings. The van der Waals surface area contributed by atoms with Crippen molar-refractivity contribution in [2.45, 2.75) is 38.3 Å². The van der Waals surface area contributed by atoms with Gasteiger partial charge in [0.15, 0.2) is 0 Å². The van der Waals surface area contributed by atoms with Crippen LogP contribution in [0.15, 0.2) is 30.3 Å². The van der Waals surface area contributed by atoms with Crippen LogP contribution in [0.3, 0.4) is 0 Å². The highest BCUT2D eigenvalue weighted by molar-refractivity contribution is 5.65. The summed E-state index contributed by atoms with van der Waals surface area (Å²) in [6.45, 7) is 3.32. The van der Waals surface area contributed by atoms with Gasteiger partial charge in [-0.3, -0.25) is 0 Å². The van der Waals surface area contributed by atoms with E-state index in [-0.39, 0.29) is 0 Å². The number of hydrogen-bond acceptors (Lipinski definition) is 3. The van der Waals surface area contributed by atoms with Gasteiger partial charge in [0.1, 0.15) is 0 Å². The molecule has 0 aliphatic heterocycles. The molecule has 0 unspecified atom stereocenters. The average Bonchev–Trinajstić information content (AvgIpc) is 2.43. The summed E-state index contributed by atoms with van der Waals surface area (Å²) >= 11 is 0. The van der Waals surface area contributed by atoms with Crippen LogP contribution in [-0.2, 0) is 6.42 Å². The molecule has 0 fully saturated rings. The maximum absolute atomic E-state index is 10.8. The molecule has 1 aromatic rings. The fourth-order valence-corrected chi connectivity index (χ4v) is 2.00. The van der Waals surface area contributed by atoms with Gasteiger partial charge < -0.3 is 20.8 Å². The number of amides is 1. The minimum absolute atomic E-state index is 0.387. The number of aliphatic hydroxyl groups is 1. The second-order valence-corrected chi connectivity index (χ2v) is 4.87. The molecule has 1 rings (SSSR count). The molecule has 20 heavy (non-hydrogen) atoms. The van der Waals surface area contributed by atoms with E-state index in [2.05, 4.69) is 17.6 Å². The predicted octanol–water partition coefficient (Wildman–Crippen LogP) is 1.62. The number of carbonyl (C=O) groups is 1. The van der Waals surface area contributed by atoms with E-state index in [1.54, 1.807) is 0 Å². The predicted molar refractivity (Wildman–Crippen MR) is 78.9 cm³/mol. The second kappa shape index (κ2) is 9.34. The number of hydrogen-bond donors (Lipinski definition) is 4. The van der Waals surface area contributed by atoms with Gasteiger partial charge >= 0.3 is 6.09 Å². The maximum atomic E-state index is 10.8. The molecule has 0 radical (unpaired) electrons. The normalized spacial score (nSPS) is 13.7. The van der Waals surface area contributed by atoms with E-state index in [0.717, 1.165) is 24.9 Å². The monoisotopic (exact) mass is 280 g/mol. The van der Waals surface area contributed by atoms with E-state index in [0.29, 0.717) is 13.0 Å². The van der Waals surface area contributed by atoms with Gasteiger partial charge in [-0.15, -0.1) is 0 Å². The third kappa shape index (κ3) is 6.54. The van der Waals surface area contributed by atoms with Crippen LogP contribution >= 0.6 is 0 Å². The lowest BCUT2D eigenvalue weighted by atomic mass is 10.0. The van der Waals surface area contributed by atoms with Gasteiger partial charge in [0.2, 0.25) is 0 Å². The Morgan fingerprint density at radius 3 is 2.60 bits per heavy atom. The number of rotatable bonds is 9. The SMILES string of the molecule is CCCCNC[C@H](O)[C@H](Cc1ccccc1)NC(=O)O. The molecule has 1 aromatic carbocycles. The second-order valence-electron chi connectivity index (χ2n) is 4.87. The lowest BCUT2D eigenvalue weighted by Gasteiger charge is -2.23. The van der Waals surface area contributed by atoms with Crippen LogP contribution in [0.2, 0.25) is 0 Å². The highest BCUT2D eigenvalue weighted by Gasteiger charge is 2.21. The van der Waals surface area contributed by atoms with Crippen molar-refractivity contribution in [1.29, 1.82) is 0 Å². The Hall–Kier alpha value is -1.59. The highest BCUT2D eigenvalue weighted by atomic mass is 16.4. The molecule has 0 spiro atoms. The zero-order valence-electron chi connectivity index (χ0n) is 11.9. The zero-order valence-corrected chi connectivity index (χ0v) is 11.9. The topological polar surface area (TPSA) is 81.6 Å². The molecule has 0 saturated heterocycles. The Balaban J connectivity index is 2.52. The molecule has 0 saturated carbocycles. The first-order chi connectivity index (χ1) is 9.63. The quantitative estimate of drug-likeness (QED) is 0.518. The van der Waals surface area contributed by atoms with Crippen molar-refractivity contribution in [2.75, 3.05) is 13.1 Å². The summed E-state index contributed by atoms with van der Waals surface area (Å²) in [5, 5.41) is 24.5. The summed E-state index contributed by atoms with van der Waals surface area (Å²) in [6.07, 6.45) is 0.748. The van der Waals surface area contributed by atoms with Gasteiger partial charge in [-0.1, -0.05) is 43.7 Å². The van der Waals surface area contributed by atoms with E-state index in [9.17, 15) is 9.90 Å². The molecule has 112 valence electrons. The molecule has 4 N–H and O–H groups in total. The van der Waals surface area contributed by atoms with Crippen LogP contribution in [-0.4, -0.2) is 41.5 Å². The smallest absolute Gasteiger partial charge is 0.404 e. The summed E-state index contributed by atoms with van der Waals surface area (Å²) < 4.78 is 0. The highest BCUT2D eigenvalue weighted by Crippen LogP contribution is 2.06. The van der Waals surface area contributed by atoms with Gasteiger partial charge in [-0.05, 0) is 24.9 Å². The molecular weight excluding hydrogens is 256 g/mol. The van der Waals surface area contributed by atoms with Gasteiger partial charge in [0.05, 0.1) is 12.1 Å². The first-order valence-corrected chi connectivity index (χ1v) is 7.05. The number of aliphatic hydroxyl groups excluding tert-OH is 1. The van der Waals surface area contributed by atoms with E-state index in [1.165, 1.54) is 0 Å². The van der Waals surface area contributed by atoms with Crippen molar-refractivity contribution in [3.8, 4) is 0 Å². The molecule has 2 atom stereocenters. The standard InChI is InChI=1S/C15H24N2O3/c1-2-3-9-16-11-14(18)13(17-15(19)20)10-12-7-5-4-6-8-12/h4-8,13-14,16-18H,2-3,9-11H2,1H3,(H,19,20)/t13-,14-/m0/s1. The number of nitrogens with one attached hydrogen (secondary N) is 2. The number of unbranched alkanes of at least 4 members (excludes halogenated alkanes) is 1. The van der Waals surface area contributed by atoms with Crippen LogP contribution in [0.5, 0.6) is 0 Å². The molecule has 5 nitrogen and oxygen atoms in total. The summed E-state index contributed by atoms with van der Waals surface area (Å²) in [4.78, 5) is 10.8. The lowest BCUT2D eigenvalue weighted by molar-refractivity contribution is 0.118. The zero-order chi connectivity index (χ0) is 14.8. The van der Waals surface area contributed by atoms with Crippen LogP contribution in [0.1, 0.15) is 25.3 Å². The molecule has 0 aliphatic carbocycles. The molecule has 5 heteroatoms. The van der Waals surface area contributed by atoms with Crippen molar-refractivity contribution in [2.24, 2.45) is 0 Å². The van der Waals surface area contributed by atoms with Crippen molar-refractivity contribution >= 4 is 6.09 Å². The third-order valence-corrected chi connectivity index (χ3v) is 3.13. The Morgan fingerprint density at radius 1 is 1.30 bits per heavy atom. The summed E-state index contributed by atoms with van der Waals surface area (Å²) in [7, 11) is 0. The van der Waals surface area contributed by atoms with Gasteiger partial charge in [0.25, 0.3) is 0 Å². The van der Waals surface area contributed by atoms with Gasteiger partial charge in [-0.25, -0.2) is 4.79 Å². The Kier molecular flexibility index (Phi) is 7.69. The molecule has 1 amide bonds. The summed E-state index contributed by atoms with van der Waals surface area (Å²) in [5.41, 5.74) is 0.999. The van der Waals surface area contributed by atoms with Gasteiger partial charge in [-0.2, -0.15) is 0 Å². The Morgan fingerprint density at radius 2 is 2.00 bits per heavy atom. The Labute approximate surface area is 120 Å². The van der Waals surface area contributed by atoms with Crippen LogP contribution < -0.4 is 10.6 Å². The van der Waals surface area contributed by atoms with Crippen LogP contribution in [0, 0.1) is 0 Å². The van der Waals surface area contributed by atoms with E-state index in [4.69, 9.17) is 5.11 Å². The Bertz CT molecular complexity index is 384. The first kappa shape index (κ1) is 16.5. The van der Waals surface area contributed by atoms with E-state index >= 15 is 0 Å². The summed E-state index contributed by atoms with van der Waals surface area (Å²) in [6, 6.07) is 9.05. The molecule has 0 heterocycles. The molecule has 0 bridgehead atoms. The third-order valence-electron chi connectivity index (χ3n) is 3.13. The van der Waals surface area contributed by atoms with Gasteiger partial charge in [0, 0.05) is 6.54 Å². The summed E-state index contributed by atoms with van der Waals surface area (Å²) in [5.74, 6) is 0. The van der Waals surface area contributed by atoms with Crippen LogP contribution in [0.4, 0.5) is 4.79 Å². The fraction of sp³-hybridized carbons (Fsp3) is 0.533. The van der Waals surface area contributed by atoms with Crippen molar-refractivity contribution in [3.63, 3.8) is 0 Å². The minimum atomic E-state index is -1.11. The van der Waals surface area contributed by atoms with E-state index in [1.807, 2.05) is 30.3 Å². The molecule has 0 aromatic heterocycles. The van der Waals surface area contributed by atoms with E-state index < -0.39 is 18.2 Å². The van der Waals surface area contributed by atoms with Crippen molar-refractivity contribution in [1.82, 2.24) is 10.6 Å². The lowest BCUT2D eigenvalue weighted by Crippen LogP contribution is -2.48. The average molecular weight is 280 g/mol. The van der Waals surface area contributed by atoms with Crippen LogP contribution in [0.25, 0.3) is 0 Å². The molecular formula is C15H24N2O3. The largest absolute Gasteiger partial charge is 0.465 e. The number of benzene rings is 1. The number of carboxylic acid groups (broad SMARTS) is 1. The minimum Gasteiger partial charge on any atom is -0.465 e. The maximum Gasteiger partial charge on any atom is 0.404 e. The van der Waals surface area contributed by atoms with Crippen molar-refractivity contribution in [3.05, 3.63) is 35.9 Å². The fourth-order valence-electron chi connectivity index (χ4n) is 2.00. The first-order valence-electron chi connectivity index (χ1n) is 7.05. The van der Waals surface area contributed by atoms with Crippen molar-refractivity contribution < 1.29 is 15.0 Å².